The van der Waals surface area contributed by atoms with Gasteiger partial charge in [-0.2, -0.15) is 0 Å². The fourth-order valence-corrected chi connectivity index (χ4v) is 3.32. The van der Waals surface area contributed by atoms with E-state index >= 15 is 0 Å². The fourth-order valence-electron chi connectivity index (χ4n) is 3.32. The average molecular weight is 372 g/mol. The summed E-state index contributed by atoms with van der Waals surface area (Å²) in [6.07, 6.45) is 0.929. The molecule has 0 aliphatic rings. The lowest BCUT2D eigenvalue weighted by Gasteiger charge is -2.19. The van der Waals surface area contributed by atoms with Crippen LogP contribution in [0, 0.1) is 13.8 Å². The third kappa shape index (κ3) is 4.84. The molecule has 0 saturated heterocycles. The Kier molecular flexibility index (Phi) is 7.33. The molecule has 0 radical (unpaired) electrons. The van der Waals surface area contributed by atoms with E-state index in [1.165, 1.54) is 7.11 Å². The van der Waals surface area contributed by atoms with Crippen molar-refractivity contribution in [3.8, 4) is 5.69 Å². The Balaban J connectivity index is 2.28. The summed E-state index contributed by atoms with van der Waals surface area (Å²) in [7, 11) is 1.35. The van der Waals surface area contributed by atoms with E-state index in [0.29, 0.717) is 24.2 Å². The van der Waals surface area contributed by atoms with Crippen molar-refractivity contribution in [3.05, 3.63) is 52.8 Å². The molecule has 0 aliphatic carbocycles. The third-order valence-electron chi connectivity index (χ3n) is 4.60. The van der Waals surface area contributed by atoms with Gasteiger partial charge in [-0.05, 0) is 57.1 Å². The molecule has 0 aliphatic heterocycles. The van der Waals surface area contributed by atoms with Crippen LogP contribution in [0.15, 0.2) is 30.3 Å². The molecule has 0 atom stereocenters. The summed E-state index contributed by atoms with van der Waals surface area (Å²) < 4.78 is 6.73. The lowest BCUT2D eigenvalue weighted by Crippen LogP contribution is -2.33. The molecule has 1 N–H and O–H groups in total. The van der Waals surface area contributed by atoms with E-state index < -0.39 is 0 Å². The Morgan fingerprint density at radius 2 is 1.81 bits per heavy atom. The van der Waals surface area contributed by atoms with E-state index in [1.54, 1.807) is 12.1 Å². The second kappa shape index (κ2) is 9.48. The summed E-state index contributed by atoms with van der Waals surface area (Å²) in [6.45, 7) is 7.53. The topological polar surface area (TPSA) is 71.8 Å². The van der Waals surface area contributed by atoms with Gasteiger partial charge in [-0.15, -0.1) is 0 Å². The number of benzene rings is 1. The van der Waals surface area contributed by atoms with Crippen molar-refractivity contribution < 1.29 is 19.4 Å². The normalized spacial score (nSPS) is 11.0. The van der Waals surface area contributed by atoms with Gasteiger partial charge in [0.05, 0.1) is 25.8 Å². The van der Waals surface area contributed by atoms with Gasteiger partial charge in [0, 0.05) is 29.2 Å². The van der Waals surface area contributed by atoms with Crippen LogP contribution in [0.2, 0.25) is 0 Å². The van der Waals surface area contributed by atoms with E-state index in [-0.39, 0.29) is 18.4 Å². The second-order valence-corrected chi connectivity index (χ2v) is 6.58. The van der Waals surface area contributed by atoms with Gasteiger partial charge < -0.3 is 14.4 Å². The van der Waals surface area contributed by atoms with Gasteiger partial charge in [-0.25, -0.2) is 4.79 Å². The van der Waals surface area contributed by atoms with Crippen molar-refractivity contribution >= 4 is 11.8 Å². The first-order chi connectivity index (χ1) is 12.9. The molecule has 2 aromatic rings. The number of aryl methyl sites for hydroxylation is 1. The lowest BCUT2D eigenvalue weighted by molar-refractivity contribution is 0.0600. The molecular formula is C21H28N2O4. The Bertz CT molecular complexity index is 787. The highest BCUT2D eigenvalue weighted by molar-refractivity contribution is 5.99. The molecule has 146 valence electrons. The van der Waals surface area contributed by atoms with Crippen molar-refractivity contribution in [1.82, 2.24) is 9.47 Å². The first kappa shape index (κ1) is 20.9. The average Bonchev–Trinajstić information content (AvgIpc) is 2.96. The Morgan fingerprint density at radius 1 is 1.15 bits per heavy atom. The summed E-state index contributed by atoms with van der Waals surface area (Å²) >= 11 is 0. The number of aromatic nitrogens is 1. The van der Waals surface area contributed by atoms with Crippen molar-refractivity contribution in [2.24, 2.45) is 0 Å². The number of Topliss-reactive ketones (excluding diaryl/α,β-unsaturated/α-hetero) is 1. The van der Waals surface area contributed by atoms with Crippen molar-refractivity contribution in [2.45, 2.75) is 27.2 Å². The summed E-state index contributed by atoms with van der Waals surface area (Å²) in [5, 5.41) is 9.19. The maximum Gasteiger partial charge on any atom is 0.337 e. The number of ketones is 1. The van der Waals surface area contributed by atoms with Gasteiger partial charge in [-0.1, -0.05) is 6.92 Å². The molecule has 1 aromatic carbocycles. The molecule has 6 heteroatoms. The monoisotopic (exact) mass is 372 g/mol. The van der Waals surface area contributed by atoms with Crippen LogP contribution < -0.4 is 0 Å². The fraction of sp³-hybridized carbons (Fsp3) is 0.429. The first-order valence-electron chi connectivity index (χ1n) is 9.17. The number of nitrogens with zero attached hydrogens (tertiary/aromatic N) is 2. The zero-order valence-electron chi connectivity index (χ0n) is 16.5. The maximum atomic E-state index is 12.8. The van der Waals surface area contributed by atoms with Crippen LogP contribution in [0.4, 0.5) is 0 Å². The minimum Gasteiger partial charge on any atom is -0.465 e. The van der Waals surface area contributed by atoms with E-state index in [9.17, 15) is 14.7 Å². The summed E-state index contributed by atoms with van der Waals surface area (Å²) in [4.78, 5) is 26.4. The van der Waals surface area contributed by atoms with Gasteiger partial charge >= 0.3 is 5.97 Å². The van der Waals surface area contributed by atoms with Gasteiger partial charge in [0.25, 0.3) is 0 Å². The molecule has 0 saturated carbocycles. The minimum atomic E-state index is -0.377. The first-order valence-corrected chi connectivity index (χ1v) is 9.17. The lowest BCUT2D eigenvalue weighted by atomic mass is 10.1. The van der Waals surface area contributed by atoms with Crippen molar-refractivity contribution in [3.63, 3.8) is 0 Å². The standard InChI is InChI=1S/C21H28N2O4/c1-5-10-22(11-12-24)14-20(25)19-13-15(2)23(16(19)3)18-8-6-17(7-9-18)21(26)27-4/h6-9,13,24H,5,10-12,14H2,1-4H3. The summed E-state index contributed by atoms with van der Waals surface area (Å²) in [5.41, 5.74) is 3.87. The largest absolute Gasteiger partial charge is 0.465 e. The zero-order valence-corrected chi connectivity index (χ0v) is 16.5. The number of esters is 1. The number of carbonyl (C=O) groups excluding carboxylic acids is 2. The van der Waals surface area contributed by atoms with Crippen LogP contribution in [0.25, 0.3) is 5.69 Å². The minimum absolute atomic E-state index is 0.0405. The molecule has 1 heterocycles. The maximum absolute atomic E-state index is 12.8. The number of hydrogen-bond acceptors (Lipinski definition) is 5. The van der Waals surface area contributed by atoms with Crippen LogP contribution in [0.3, 0.4) is 0 Å². The molecular weight excluding hydrogens is 344 g/mol. The van der Waals surface area contributed by atoms with Crippen molar-refractivity contribution in [2.75, 3.05) is 33.4 Å². The summed E-state index contributed by atoms with van der Waals surface area (Å²) in [5.74, 6) is -0.333. The number of methoxy groups -OCH3 is 1. The molecule has 0 fully saturated rings. The summed E-state index contributed by atoms with van der Waals surface area (Å²) in [6, 6.07) is 9.01. The van der Waals surface area contributed by atoms with Crippen LogP contribution in [0.1, 0.15) is 45.4 Å². The zero-order chi connectivity index (χ0) is 20.0. The molecule has 0 bridgehead atoms. The predicted molar refractivity (Wildman–Crippen MR) is 105 cm³/mol. The predicted octanol–water partition coefficient (Wildman–Crippen LogP) is 2.77. The second-order valence-electron chi connectivity index (χ2n) is 6.58. The molecule has 6 nitrogen and oxygen atoms in total. The van der Waals surface area contributed by atoms with Crippen LogP contribution >= 0.6 is 0 Å². The Hall–Kier alpha value is -2.44. The quantitative estimate of drug-likeness (QED) is 0.541. The number of carbonyl (C=O) groups is 2. The van der Waals surface area contributed by atoms with Crippen molar-refractivity contribution in [1.29, 1.82) is 0 Å². The van der Waals surface area contributed by atoms with Crippen LogP contribution in [-0.4, -0.2) is 59.7 Å². The number of aliphatic hydroxyl groups excluding tert-OH is 1. The van der Waals surface area contributed by atoms with E-state index in [1.807, 2.05) is 41.5 Å². The Morgan fingerprint density at radius 3 is 2.37 bits per heavy atom. The highest BCUT2D eigenvalue weighted by atomic mass is 16.5. The van der Waals surface area contributed by atoms with E-state index in [0.717, 1.165) is 30.0 Å². The van der Waals surface area contributed by atoms with Gasteiger partial charge in [0.15, 0.2) is 5.78 Å². The highest BCUT2D eigenvalue weighted by Crippen LogP contribution is 2.22. The number of rotatable bonds is 9. The molecule has 27 heavy (non-hydrogen) atoms. The SMILES string of the molecule is CCCN(CCO)CC(=O)c1cc(C)n(-c2ccc(C(=O)OC)cc2)c1C. The molecule has 0 spiro atoms. The number of hydrogen-bond donors (Lipinski definition) is 1. The molecule has 0 unspecified atom stereocenters. The van der Waals surface area contributed by atoms with Gasteiger partial charge in [0.2, 0.25) is 0 Å². The highest BCUT2D eigenvalue weighted by Gasteiger charge is 2.19. The molecule has 1 aromatic heterocycles. The van der Waals surface area contributed by atoms with E-state index in [4.69, 9.17) is 4.74 Å². The van der Waals surface area contributed by atoms with Crippen LogP contribution in [-0.2, 0) is 4.74 Å². The number of aliphatic hydroxyl groups is 1. The van der Waals surface area contributed by atoms with E-state index in [2.05, 4.69) is 6.92 Å². The Labute approximate surface area is 160 Å². The number of ether oxygens (including phenoxy) is 1. The molecule has 0 amide bonds. The third-order valence-corrected chi connectivity index (χ3v) is 4.60. The van der Waals surface area contributed by atoms with Gasteiger partial charge in [0.1, 0.15) is 0 Å². The van der Waals surface area contributed by atoms with Gasteiger partial charge in [-0.3, -0.25) is 9.69 Å². The van der Waals surface area contributed by atoms with Crippen LogP contribution in [0.5, 0.6) is 0 Å². The smallest absolute Gasteiger partial charge is 0.337 e. The molecule has 2 rings (SSSR count).